The van der Waals surface area contributed by atoms with Gasteiger partial charge in [-0.1, -0.05) is 38.1 Å². The van der Waals surface area contributed by atoms with Crippen LogP contribution in [0.15, 0.2) is 35.1 Å². The molecule has 0 saturated carbocycles. The summed E-state index contributed by atoms with van der Waals surface area (Å²) in [6.07, 6.45) is 0.398. The molecule has 0 fully saturated rings. The van der Waals surface area contributed by atoms with Crippen LogP contribution in [-0.4, -0.2) is 21.0 Å². The first kappa shape index (κ1) is 14.0. The maximum atomic E-state index is 11.4. The Bertz CT molecular complexity index is 672. The third-order valence-corrected chi connectivity index (χ3v) is 3.03. The first-order valence-corrected chi connectivity index (χ1v) is 6.38. The van der Waals surface area contributed by atoms with Gasteiger partial charge in [0.05, 0.1) is 0 Å². The molecule has 2 aromatic rings. The summed E-state index contributed by atoms with van der Waals surface area (Å²) in [6.45, 7) is 4.23. The SMILES string of the molecule is CC(C)c1ccc(Cc2nc(C(=O)O)cc(=O)[nH]2)cc1. The molecule has 0 unspecified atom stereocenters. The predicted octanol–water partition coefficient (Wildman–Crippen LogP) is 2.18. The van der Waals surface area contributed by atoms with Gasteiger partial charge in [-0.15, -0.1) is 0 Å². The van der Waals surface area contributed by atoms with Crippen LogP contribution in [0.4, 0.5) is 0 Å². The number of benzene rings is 1. The van der Waals surface area contributed by atoms with Crippen LogP contribution in [0.25, 0.3) is 0 Å². The van der Waals surface area contributed by atoms with Crippen LogP contribution in [0.3, 0.4) is 0 Å². The van der Waals surface area contributed by atoms with Gasteiger partial charge in [-0.2, -0.15) is 0 Å². The van der Waals surface area contributed by atoms with Gasteiger partial charge in [-0.05, 0) is 17.0 Å². The Morgan fingerprint density at radius 3 is 2.50 bits per heavy atom. The average molecular weight is 272 g/mol. The van der Waals surface area contributed by atoms with E-state index in [-0.39, 0.29) is 5.69 Å². The number of hydrogen-bond acceptors (Lipinski definition) is 3. The van der Waals surface area contributed by atoms with Gasteiger partial charge >= 0.3 is 5.97 Å². The first-order chi connectivity index (χ1) is 9.45. The van der Waals surface area contributed by atoms with E-state index < -0.39 is 11.5 Å². The predicted molar refractivity (Wildman–Crippen MR) is 75.2 cm³/mol. The molecule has 1 heterocycles. The number of aromatic nitrogens is 2. The Morgan fingerprint density at radius 2 is 1.95 bits per heavy atom. The molecule has 0 amide bonds. The van der Waals surface area contributed by atoms with Crippen LogP contribution in [0.2, 0.25) is 0 Å². The molecule has 104 valence electrons. The lowest BCUT2D eigenvalue weighted by molar-refractivity contribution is 0.0689. The minimum absolute atomic E-state index is 0.234. The van der Waals surface area contributed by atoms with E-state index in [2.05, 4.69) is 23.8 Å². The fourth-order valence-corrected chi connectivity index (χ4v) is 1.92. The average Bonchev–Trinajstić information content (AvgIpc) is 2.38. The minimum atomic E-state index is -1.20. The van der Waals surface area contributed by atoms with Crippen LogP contribution in [0.5, 0.6) is 0 Å². The van der Waals surface area contributed by atoms with E-state index in [0.29, 0.717) is 18.2 Å². The molecule has 2 N–H and O–H groups in total. The van der Waals surface area contributed by atoms with E-state index in [1.54, 1.807) is 0 Å². The highest BCUT2D eigenvalue weighted by atomic mass is 16.4. The Balaban J connectivity index is 2.25. The van der Waals surface area contributed by atoms with E-state index in [0.717, 1.165) is 11.6 Å². The molecular formula is C15H16N2O3. The number of carboxylic acids is 1. The van der Waals surface area contributed by atoms with Gasteiger partial charge in [0.25, 0.3) is 5.56 Å². The van der Waals surface area contributed by atoms with Crippen molar-refractivity contribution < 1.29 is 9.90 Å². The van der Waals surface area contributed by atoms with Crippen molar-refractivity contribution in [2.75, 3.05) is 0 Å². The number of nitrogens with zero attached hydrogens (tertiary/aromatic N) is 1. The smallest absolute Gasteiger partial charge is 0.354 e. The highest BCUT2D eigenvalue weighted by Gasteiger charge is 2.08. The third kappa shape index (κ3) is 3.32. The summed E-state index contributed by atoms with van der Waals surface area (Å²) in [5, 5.41) is 8.88. The Hall–Kier alpha value is -2.43. The number of rotatable bonds is 4. The Kier molecular flexibility index (Phi) is 3.98. The topological polar surface area (TPSA) is 83.0 Å². The van der Waals surface area contributed by atoms with E-state index >= 15 is 0 Å². The summed E-state index contributed by atoms with van der Waals surface area (Å²) >= 11 is 0. The zero-order valence-corrected chi connectivity index (χ0v) is 11.4. The third-order valence-electron chi connectivity index (χ3n) is 3.03. The van der Waals surface area contributed by atoms with Crippen molar-refractivity contribution in [1.29, 1.82) is 0 Å². The van der Waals surface area contributed by atoms with Gasteiger partial charge < -0.3 is 10.1 Å². The molecule has 1 aromatic carbocycles. The molecule has 0 bridgehead atoms. The van der Waals surface area contributed by atoms with E-state index in [4.69, 9.17) is 5.11 Å². The van der Waals surface area contributed by atoms with Crippen molar-refractivity contribution in [3.8, 4) is 0 Å². The molecule has 0 aliphatic carbocycles. The molecule has 0 radical (unpaired) electrons. The first-order valence-electron chi connectivity index (χ1n) is 6.38. The summed E-state index contributed by atoms with van der Waals surface area (Å²) < 4.78 is 0. The summed E-state index contributed by atoms with van der Waals surface area (Å²) in [5.74, 6) is -0.392. The van der Waals surface area contributed by atoms with E-state index in [1.807, 2.05) is 24.3 Å². The summed E-state index contributed by atoms with van der Waals surface area (Å²) in [7, 11) is 0. The standard InChI is InChI=1S/C15H16N2O3/c1-9(2)11-5-3-10(4-6-11)7-13-16-12(15(19)20)8-14(18)17-13/h3-6,8-9H,7H2,1-2H3,(H,19,20)(H,16,17,18). The molecule has 2 rings (SSSR count). The monoisotopic (exact) mass is 272 g/mol. The number of hydrogen-bond donors (Lipinski definition) is 2. The maximum Gasteiger partial charge on any atom is 0.354 e. The molecule has 0 atom stereocenters. The largest absolute Gasteiger partial charge is 0.477 e. The van der Waals surface area contributed by atoms with Gasteiger partial charge in [0.1, 0.15) is 5.82 Å². The van der Waals surface area contributed by atoms with E-state index in [1.165, 1.54) is 5.56 Å². The normalized spacial score (nSPS) is 10.8. The minimum Gasteiger partial charge on any atom is -0.477 e. The lowest BCUT2D eigenvalue weighted by Gasteiger charge is -2.07. The lowest BCUT2D eigenvalue weighted by atomic mass is 10.0. The van der Waals surface area contributed by atoms with Gasteiger partial charge in [0, 0.05) is 12.5 Å². The van der Waals surface area contributed by atoms with Crippen molar-refractivity contribution in [2.45, 2.75) is 26.2 Å². The van der Waals surface area contributed by atoms with Crippen LogP contribution < -0.4 is 5.56 Å². The van der Waals surface area contributed by atoms with Crippen molar-refractivity contribution >= 4 is 5.97 Å². The number of H-pyrrole nitrogens is 1. The van der Waals surface area contributed by atoms with Gasteiger partial charge in [-0.3, -0.25) is 4.79 Å². The van der Waals surface area contributed by atoms with E-state index in [9.17, 15) is 9.59 Å². The van der Waals surface area contributed by atoms with Gasteiger partial charge in [0.15, 0.2) is 5.69 Å². The number of aromatic carboxylic acids is 1. The number of aromatic amines is 1. The highest BCUT2D eigenvalue weighted by Crippen LogP contribution is 2.15. The van der Waals surface area contributed by atoms with Crippen LogP contribution in [0, 0.1) is 0 Å². The Morgan fingerprint density at radius 1 is 1.30 bits per heavy atom. The van der Waals surface area contributed by atoms with Crippen molar-refractivity contribution in [2.24, 2.45) is 0 Å². The van der Waals surface area contributed by atoms with Gasteiger partial charge in [0.2, 0.25) is 0 Å². The molecule has 5 nitrogen and oxygen atoms in total. The fourth-order valence-electron chi connectivity index (χ4n) is 1.92. The van der Waals surface area contributed by atoms with Crippen molar-refractivity contribution in [3.63, 3.8) is 0 Å². The second kappa shape index (κ2) is 5.69. The Labute approximate surface area is 116 Å². The molecule has 20 heavy (non-hydrogen) atoms. The second-order valence-corrected chi connectivity index (χ2v) is 4.96. The van der Waals surface area contributed by atoms with Crippen LogP contribution in [-0.2, 0) is 6.42 Å². The second-order valence-electron chi connectivity index (χ2n) is 4.96. The molecule has 1 aromatic heterocycles. The molecule has 0 aliphatic heterocycles. The quantitative estimate of drug-likeness (QED) is 0.893. The van der Waals surface area contributed by atoms with Crippen LogP contribution in [0.1, 0.15) is 47.2 Å². The zero-order chi connectivity index (χ0) is 14.7. The highest BCUT2D eigenvalue weighted by molar-refractivity contribution is 5.85. The fraction of sp³-hybridized carbons (Fsp3) is 0.267. The van der Waals surface area contributed by atoms with Crippen molar-refractivity contribution in [1.82, 2.24) is 9.97 Å². The van der Waals surface area contributed by atoms with Gasteiger partial charge in [-0.25, -0.2) is 9.78 Å². The molecule has 5 heteroatoms. The summed E-state index contributed by atoms with van der Waals surface area (Å²) in [4.78, 5) is 28.7. The molecule has 0 saturated heterocycles. The van der Waals surface area contributed by atoms with Crippen molar-refractivity contribution in [3.05, 3.63) is 63.3 Å². The molecule has 0 spiro atoms. The maximum absolute atomic E-state index is 11.4. The number of carboxylic acid groups (broad SMARTS) is 1. The zero-order valence-electron chi connectivity index (χ0n) is 11.4. The lowest BCUT2D eigenvalue weighted by Crippen LogP contribution is -2.15. The number of nitrogens with one attached hydrogen (secondary N) is 1. The number of carbonyl (C=O) groups is 1. The van der Waals surface area contributed by atoms with Crippen LogP contribution >= 0.6 is 0 Å². The summed E-state index contributed by atoms with van der Waals surface area (Å²) in [6, 6.07) is 8.96. The summed E-state index contributed by atoms with van der Waals surface area (Å²) in [5.41, 5.74) is 1.52. The molecule has 0 aliphatic rings. The molecular weight excluding hydrogens is 256 g/mol.